The summed E-state index contributed by atoms with van der Waals surface area (Å²) < 4.78 is 0. The summed E-state index contributed by atoms with van der Waals surface area (Å²) in [7, 11) is 0. The number of nitro groups is 1. The van der Waals surface area contributed by atoms with Gasteiger partial charge in [0.05, 0.1) is 0 Å². The van der Waals surface area contributed by atoms with E-state index in [0.29, 0.717) is 19.3 Å². The Hall–Kier alpha value is -1.71. The number of hydrogen-bond acceptors (Lipinski definition) is 3. The van der Waals surface area contributed by atoms with Crippen LogP contribution in [0.2, 0.25) is 0 Å². The third-order valence-corrected chi connectivity index (χ3v) is 3.34. The van der Waals surface area contributed by atoms with Gasteiger partial charge in [-0.05, 0) is 38.2 Å². The van der Waals surface area contributed by atoms with Gasteiger partial charge in [0.1, 0.15) is 6.29 Å². The van der Waals surface area contributed by atoms with Gasteiger partial charge in [0.25, 0.3) is 0 Å². The van der Waals surface area contributed by atoms with E-state index in [4.69, 9.17) is 0 Å². The van der Waals surface area contributed by atoms with E-state index < -0.39 is 6.04 Å². The predicted molar refractivity (Wildman–Crippen MR) is 91.5 cm³/mol. The molecule has 4 heteroatoms. The molecule has 0 saturated carbocycles. The molecule has 0 aliphatic heterocycles. The zero-order valence-corrected chi connectivity index (χ0v) is 13.7. The Morgan fingerprint density at radius 1 is 1.00 bits per heavy atom. The molecule has 0 radical (unpaired) electrons. The zero-order valence-electron chi connectivity index (χ0n) is 13.7. The minimum atomic E-state index is -0.652. The minimum Gasteiger partial charge on any atom is -0.303 e. The lowest BCUT2D eigenvalue weighted by molar-refractivity contribution is -0.510. The van der Waals surface area contributed by atoms with E-state index in [1.165, 1.54) is 19.3 Å². The second-order valence-corrected chi connectivity index (χ2v) is 5.32. The fraction of sp³-hybridized carbons (Fsp3) is 0.611. The molecule has 0 spiro atoms. The number of nitrogens with zero attached hydrogens (tertiary/aromatic N) is 1. The number of hydrogen-bond donors (Lipinski definition) is 0. The molecule has 0 aromatic carbocycles. The average Bonchev–Trinajstić information content (AvgIpc) is 2.50. The van der Waals surface area contributed by atoms with Gasteiger partial charge in [-0.3, -0.25) is 10.1 Å². The van der Waals surface area contributed by atoms with Crippen molar-refractivity contribution in [2.24, 2.45) is 0 Å². The molecule has 1 unspecified atom stereocenters. The van der Waals surface area contributed by atoms with Crippen molar-refractivity contribution >= 4 is 6.29 Å². The van der Waals surface area contributed by atoms with Crippen molar-refractivity contribution in [3.8, 4) is 0 Å². The molecule has 124 valence electrons. The molecule has 0 aliphatic carbocycles. The SMILES string of the molecule is CCCCC/C=C\C/C=C\C=C\C(CCCCC=O)[N+](=O)[O-]. The van der Waals surface area contributed by atoms with Crippen LogP contribution in [0.1, 0.15) is 64.7 Å². The van der Waals surface area contributed by atoms with E-state index in [2.05, 4.69) is 19.1 Å². The molecule has 0 fully saturated rings. The first-order valence-corrected chi connectivity index (χ1v) is 8.27. The summed E-state index contributed by atoms with van der Waals surface area (Å²) in [4.78, 5) is 20.8. The highest BCUT2D eigenvalue weighted by molar-refractivity contribution is 5.48. The van der Waals surface area contributed by atoms with Gasteiger partial charge in [0, 0.05) is 17.8 Å². The lowest BCUT2D eigenvalue weighted by atomic mass is 10.1. The van der Waals surface area contributed by atoms with E-state index in [0.717, 1.165) is 25.5 Å². The predicted octanol–water partition coefficient (Wildman–Crippen LogP) is 5.03. The van der Waals surface area contributed by atoms with Crippen LogP contribution in [0.5, 0.6) is 0 Å². The minimum absolute atomic E-state index is 0.265. The summed E-state index contributed by atoms with van der Waals surface area (Å²) in [5.41, 5.74) is 0. The molecule has 0 aromatic rings. The fourth-order valence-corrected chi connectivity index (χ4v) is 2.01. The lowest BCUT2D eigenvalue weighted by Gasteiger charge is -2.03. The summed E-state index contributed by atoms with van der Waals surface area (Å²) in [6, 6.07) is -0.652. The maximum atomic E-state index is 10.9. The topological polar surface area (TPSA) is 60.2 Å². The normalized spacial score (nSPS) is 13.3. The van der Waals surface area contributed by atoms with E-state index in [1.54, 1.807) is 12.2 Å². The van der Waals surface area contributed by atoms with Crippen LogP contribution >= 0.6 is 0 Å². The van der Waals surface area contributed by atoms with Crippen LogP contribution in [-0.2, 0) is 4.79 Å². The van der Waals surface area contributed by atoms with E-state index in [9.17, 15) is 14.9 Å². The van der Waals surface area contributed by atoms with E-state index in [-0.39, 0.29) is 4.92 Å². The molecule has 0 aliphatic rings. The molecule has 0 saturated heterocycles. The molecular weight excluding hydrogens is 278 g/mol. The Labute approximate surface area is 134 Å². The van der Waals surface area contributed by atoms with Gasteiger partial charge in [-0.2, -0.15) is 0 Å². The van der Waals surface area contributed by atoms with Crippen molar-refractivity contribution < 1.29 is 9.72 Å². The molecule has 4 nitrogen and oxygen atoms in total. The fourth-order valence-electron chi connectivity index (χ4n) is 2.01. The van der Waals surface area contributed by atoms with Crippen molar-refractivity contribution in [2.45, 2.75) is 70.8 Å². The maximum Gasteiger partial charge on any atom is 0.231 e. The summed E-state index contributed by atoms with van der Waals surface area (Å²) >= 11 is 0. The van der Waals surface area contributed by atoms with E-state index >= 15 is 0 Å². The molecule has 0 amide bonds. The van der Waals surface area contributed by atoms with Gasteiger partial charge in [-0.25, -0.2) is 0 Å². The second kappa shape index (κ2) is 15.7. The Bertz CT molecular complexity index is 373. The molecule has 0 rings (SSSR count). The van der Waals surface area contributed by atoms with Gasteiger partial charge < -0.3 is 4.79 Å². The Morgan fingerprint density at radius 3 is 2.45 bits per heavy atom. The number of rotatable bonds is 14. The third-order valence-electron chi connectivity index (χ3n) is 3.34. The molecule has 0 bridgehead atoms. The van der Waals surface area contributed by atoms with Gasteiger partial charge in [-0.1, -0.05) is 50.1 Å². The molecular formula is C18H29NO3. The quantitative estimate of drug-likeness (QED) is 0.113. The first-order valence-electron chi connectivity index (χ1n) is 8.27. The van der Waals surface area contributed by atoms with Gasteiger partial charge in [0.2, 0.25) is 6.04 Å². The summed E-state index contributed by atoms with van der Waals surface area (Å²) in [5, 5.41) is 10.9. The van der Waals surface area contributed by atoms with Crippen LogP contribution in [0.25, 0.3) is 0 Å². The first kappa shape index (κ1) is 20.3. The number of allylic oxidation sites excluding steroid dienone is 5. The highest BCUT2D eigenvalue weighted by Gasteiger charge is 2.14. The highest BCUT2D eigenvalue weighted by atomic mass is 16.6. The number of carbonyl (C=O) groups excluding carboxylic acids is 1. The van der Waals surface area contributed by atoms with Crippen LogP contribution in [0.4, 0.5) is 0 Å². The van der Waals surface area contributed by atoms with Crippen molar-refractivity contribution in [3.63, 3.8) is 0 Å². The van der Waals surface area contributed by atoms with Gasteiger partial charge in [-0.15, -0.1) is 0 Å². The Kier molecular flexibility index (Phi) is 14.5. The Balaban J connectivity index is 3.90. The number of unbranched alkanes of at least 4 members (excludes halogenated alkanes) is 5. The van der Waals surface area contributed by atoms with Crippen LogP contribution < -0.4 is 0 Å². The molecule has 0 heterocycles. The number of aldehydes is 1. The van der Waals surface area contributed by atoms with Crippen molar-refractivity contribution in [3.05, 3.63) is 46.6 Å². The molecule has 22 heavy (non-hydrogen) atoms. The standard InChI is InChI=1S/C18H29NO3/c1-2-3-4-5-6-7-8-9-10-12-15-18(19(21)22)16-13-11-14-17-20/h6-7,9-10,12,15,17-18H,2-5,8,11,13-14,16H2,1H3/b7-6-,10-9-,15-12+. The second-order valence-electron chi connectivity index (χ2n) is 5.32. The summed E-state index contributed by atoms with van der Waals surface area (Å²) in [6.45, 7) is 2.19. The van der Waals surface area contributed by atoms with Crippen LogP contribution in [0.15, 0.2) is 36.5 Å². The van der Waals surface area contributed by atoms with E-state index in [1.807, 2.05) is 12.2 Å². The zero-order chi connectivity index (χ0) is 16.5. The average molecular weight is 307 g/mol. The monoisotopic (exact) mass is 307 g/mol. The van der Waals surface area contributed by atoms with Crippen molar-refractivity contribution in [1.29, 1.82) is 0 Å². The van der Waals surface area contributed by atoms with Crippen LogP contribution in [-0.4, -0.2) is 17.3 Å². The molecule has 0 aromatic heterocycles. The summed E-state index contributed by atoms with van der Waals surface area (Å²) in [6.07, 6.45) is 20.6. The Morgan fingerprint density at radius 2 is 1.77 bits per heavy atom. The van der Waals surface area contributed by atoms with Gasteiger partial charge >= 0.3 is 0 Å². The largest absolute Gasteiger partial charge is 0.303 e. The highest BCUT2D eigenvalue weighted by Crippen LogP contribution is 2.07. The van der Waals surface area contributed by atoms with Crippen molar-refractivity contribution in [1.82, 2.24) is 0 Å². The third kappa shape index (κ3) is 13.3. The van der Waals surface area contributed by atoms with Crippen LogP contribution in [0.3, 0.4) is 0 Å². The van der Waals surface area contributed by atoms with Crippen molar-refractivity contribution in [2.75, 3.05) is 0 Å². The maximum absolute atomic E-state index is 10.9. The smallest absolute Gasteiger partial charge is 0.231 e. The van der Waals surface area contributed by atoms with Gasteiger partial charge in [0.15, 0.2) is 0 Å². The lowest BCUT2D eigenvalue weighted by Crippen LogP contribution is -2.16. The summed E-state index contributed by atoms with van der Waals surface area (Å²) in [5.74, 6) is 0. The first-order chi connectivity index (χ1) is 10.7. The number of carbonyl (C=O) groups is 1. The van der Waals surface area contributed by atoms with Crippen LogP contribution in [0, 0.1) is 10.1 Å². The molecule has 0 N–H and O–H groups in total. The molecule has 1 atom stereocenters.